The quantitative estimate of drug-likeness (QED) is 0.430. The van der Waals surface area contributed by atoms with Gasteiger partial charge in [0.25, 0.3) is 0 Å². The lowest BCUT2D eigenvalue weighted by molar-refractivity contribution is -0.900. The van der Waals surface area contributed by atoms with Gasteiger partial charge in [-0.2, -0.15) is 0 Å². The second-order valence-corrected chi connectivity index (χ2v) is 3.52. The Kier molecular flexibility index (Phi) is 4.12. The first-order valence-electron chi connectivity index (χ1n) is 4.11. The molecule has 0 fully saturated rings. The minimum Gasteiger partial charge on any atom is -0.320 e. The lowest BCUT2D eigenvalue weighted by Gasteiger charge is -2.33. The molecule has 1 atom stereocenters. The normalized spacial score (nSPS) is 15.3. The van der Waals surface area contributed by atoms with Crippen LogP contribution >= 0.6 is 0 Å². The topological polar surface area (TPSA) is 0 Å². The van der Waals surface area contributed by atoms with Crippen molar-refractivity contribution in [1.29, 1.82) is 0 Å². The zero-order chi connectivity index (χ0) is 8.91. The number of nitrogens with zero attached hydrogens (tertiary/aromatic N) is 1. The van der Waals surface area contributed by atoms with Crippen LogP contribution in [0.3, 0.4) is 0 Å². The fraction of sp³-hybridized carbons (Fsp3) is 0.600. The van der Waals surface area contributed by atoms with Gasteiger partial charge in [0.15, 0.2) is 0 Å². The summed E-state index contributed by atoms with van der Waals surface area (Å²) in [5, 5.41) is 0. The second-order valence-electron chi connectivity index (χ2n) is 3.52. The molecule has 0 aromatic heterocycles. The standard InChI is InChI=1S/C10H20N/c1-6-8-10(3)11(4,5)9-7-2/h6-8,10H,2,9H2,1,3-5H3/q+1. The van der Waals surface area contributed by atoms with Crippen LogP contribution in [-0.2, 0) is 0 Å². The Labute approximate surface area is 70.6 Å². The van der Waals surface area contributed by atoms with Gasteiger partial charge < -0.3 is 4.48 Å². The molecule has 0 heterocycles. The Morgan fingerprint density at radius 2 is 2.00 bits per heavy atom. The molecular weight excluding hydrogens is 134 g/mol. The Hall–Kier alpha value is -0.560. The number of hydrogen-bond donors (Lipinski definition) is 0. The van der Waals surface area contributed by atoms with Gasteiger partial charge in [0.05, 0.1) is 20.6 Å². The van der Waals surface area contributed by atoms with Gasteiger partial charge in [0.1, 0.15) is 6.04 Å². The van der Waals surface area contributed by atoms with E-state index < -0.39 is 0 Å². The van der Waals surface area contributed by atoms with E-state index in [1.54, 1.807) is 0 Å². The van der Waals surface area contributed by atoms with Crippen molar-refractivity contribution >= 4 is 0 Å². The van der Waals surface area contributed by atoms with E-state index >= 15 is 0 Å². The molecule has 0 amide bonds. The molecule has 0 aliphatic rings. The number of quaternary nitrogens is 1. The van der Waals surface area contributed by atoms with E-state index in [9.17, 15) is 0 Å². The average Bonchev–Trinajstić information content (AvgIpc) is 1.88. The summed E-state index contributed by atoms with van der Waals surface area (Å²) in [5.74, 6) is 0. The van der Waals surface area contributed by atoms with Crippen LogP contribution < -0.4 is 0 Å². The summed E-state index contributed by atoms with van der Waals surface area (Å²) in [6.07, 6.45) is 6.30. The summed E-state index contributed by atoms with van der Waals surface area (Å²) in [7, 11) is 4.43. The van der Waals surface area contributed by atoms with E-state index in [0.717, 1.165) is 11.0 Å². The summed E-state index contributed by atoms with van der Waals surface area (Å²) in [6, 6.07) is 0.568. The maximum Gasteiger partial charge on any atom is 0.105 e. The first-order chi connectivity index (χ1) is 5.04. The highest BCUT2D eigenvalue weighted by atomic mass is 15.3. The van der Waals surface area contributed by atoms with E-state index in [-0.39, 0.29) is 0 Å². The largest absolute Gasteiger partial charge is 0.320 e. The molecule has 0 radical (unpaired) electrons. The third kappa shape index (κ3) is 3.38. The molecule has 0 saturated heterocycles. The van der Waals surface area contributed by atoms with Gasteiger partial charge in [-0.3, -0.25) is 0 Å². The predicted molar refractivity (Wildman–Crippen MR) is 51.4 cm³/mol. The highest BCUT2D eigenvalue weighted by Crippen LogP contribution is 2.07. The van der Waals surface area contributed by atoms with Gasteiger partial charge in [0.2, 0.25) is 0 Å². The number of rotatable bonds is 4. The highest BCUT2D eigenvalue weighted by Gasteiger charge is 2.18. The minimum atomic E-state index is 0.568. The van der Waals surface area contributed by atoms with Crippen LogP contribution in [0.15, 0.2) is 24.8 Å². The highest BCUT2D eigenvalue weighted by molar-refractivity contribution is 4.84. The summed E-state index contributed by atoms with van der Waals surface area (Å²) in [5.41, 5.74) is 0. The molecule has 0 aliphatic carbocycles. The van der Waals surface area contributed by atoms with E-state index in [1.807, 2.05) is 6.08 Å². The lowest BCUT2D eigenvalue weighted by Crippen LogP contribution is -2.46. The van der Waals surface area contributed by atoms with E-state index in [1.165, 1.54) is 0 Å². The van der Waals surface area contributed by atoms with Gasteiger partial charge in [-0.1, -0.05) is 12.7 Å². The van der Waals surface area contributed by atoms with Crippen molar-refractivity contribution < 1.29 is 4.48 Å². The molecule has 11 heavy (non-hydrogen) atoms. The van der Waals surface area contributed by atoms with Crippen molar-refractivity contribution in [2.45, 2.75) is 19.9 Å². The van der Waals surface area contributed by atoms with E-state index in [0.29, 0.717) is 6.04 Å². The Balaban J connectivity index is 4.15. The minimum absolute atomic E-state index is 0.568. The number of hydrogen-bond acceptors (Lipinski definition) is 0. The number of likely N-dealkylation sites (N-methyl/N-ethyl adjacent to an activating group) is 1. The van der Waals surface area contributed by atoms with Crippen LogP contribution in [-0.4, -0.2) is 31.2 Å². The van der Waals surface area contributed by atoms with Crippen molar-refractivity contribution in [3.05, 3.63) is 24.8 Å². The van der Waals surface area contributed by atoms with Crippen molar-refractivity contribution in [2.75, 3.05) is 20.6 Å². The van der Waals surface area contributed by atoms with Crippen LogP contribution in [0.1, 0.15) is 13.8 Å². The summed E-state index contributed by atoms with van der Waals surface area (Å²) >= 11 is 0. The average molecular weight is 154 g/mol. The van der Waals surface area contributed by atoms with E-state index in [4.69, 9.17) is 0 Å². The number of allylic oxidation sites excluding steroid dienone is 1. The van der Waals surface area contributed by atoms with Gasteiger partial charge in [-0.05, 0) is 26.0 Å². The Morgan fingerprint density at radius 3 is 2.36 bits per heavy atom. The summed E-state index contributed by atoms with van der Waals surface area (Å²) in [6.45, 7) is 9.05. The molecule has 0 N–H and O–H groups in total. The molecule has 0 spiro atoms. The SMILES string of the molecule is C=CC[N+](C)(C)C(C)C=CC. The molecule has 0 rings (SSSR count). The molecule has 0 aliphatic heterocycles. The molecule has 1 nitrogen and oxygen atoms in total. The lowest BCUT2D eigenvalue weighted by atomic mass is 10.2. The summed E-state index contributed by atoms with van der Waals surface area (Å²) in [4.78, 5) is 0. The third-order valence-electron chi connectivity index (χ3n) is 2.17. The molecule has 0 aromatic carbocycles. The first kappa shape index (κ1) is 10.4. The molecule has 0 bridgehead atoms. The fourth-order valence-corrected chi connectivity index (χ4v) is 1.01. The maximum atomic E-state index is 3.75. The van der Waals surface area contributed by atoms with Gasteiger partial charge in [-0.15, -0.1) is 0 Å². The monoisotopic (exact) mass is 154 g/mol. The van der Waals surface area contributed by atoms with Gasteiger partial charge >= 0.3 is 0 Å². The maximum absolute atomic E-state index is 3.75. The van der Waals surface area contributed by atoms with Crippen LogP contribution in [0.25, 0.3) is 0 Å². The Bertz CT molecular complexity index is 145. The van der Waals surface area contributed by atoms with Crippen molar-refractivity contribution in [3.8, 4) is 0 Å². The molecule has 1 heteroatoms. The summed E-state index contributed by atoms with van der Waals surface area (Å²) < 4.78 is 0.980. The molecule has 0 saturated carbocycles. The van der Waals surface area contributed by atoms with Gasteiger partial charge in [0, 0.05) is 0 Å². The van der Waals surface area contributed by atoms with Crippen LogP contribution in [0.2, 0.25) is 0 Å². The van der Waals surface area contributed by atoms with Gasteiger partial charge in [-0.25, -0.2) is 0 Å². The Morgan fingerprint density at radius 1 is 1.45 bits per heavy atom. The molecule has 1 unspecified atom stereocenters. The zero-order valence-corrected chi connectivity index (χ0v) is 8.17. The van der Waals surface area contributed by atoms with E-state index in [2.05, 4.69) is 46.7 Å². The molecular formula is C10H20N+. The first-order valence-corrected chi connectivity index (χ1v) is 4.11. The predicted octanol–water partition coefficient (Wildman–Crippen LogP) is 2.21. The van der Waals surface area contributed by atoms with Crippen molar-refractivity contribution in [1.82, 2.24) is 0 Å². The van der Waals surface area contributed by atoms with Crippen LogP contribution in [0, 0.1) is 0 Å². The second kappa shape index (κ2) is 4.35. The smallest absolute Gasteiger partial charge is 0.105 e. The zero-order valence-electron chi connectivity index (χ0n) is 8.17. The third-order valence-corrected chi connectivity index (χ3v) is 2.17. The fourth-order valence-electron chi connectivity index (χ4n) is 1.01. The molecule has 64 valence electrons. The van der Waals surface area contributed by atoms with Crippen LogP contribution in [0.4, 0.5) is 0 Å². The van der Waals surface area contributed by atoms with Crippen molar-refractivity contribution in [3.63, 3.8) is 0 Å². The molecule has 0 aromatic rings. The van der Waals surface area contributed by atoms with Crippen molar-refractivity contribution in [2.24, 2.45) is 0 Å². The van der Waals surface area contributed by atoms with Crippen LogP contribution in [0.5, 0.6) is 0 Å².